The third-order valence-corrected chi connectivity index (χ3v) is 3.52. The SMILES string of the molecule is CN(Cc1cscn1)CC1CCCNC1.Cl. The fourth-order valence-corrected chi connectivity index (χ4v) is 2.73. The zero-order valence-corrected chi connectivity index (χ0v) is 11.3. The van der Waals surface area contributed by atoms with Gasteiger partial charge in [-0.1, -0.05) is 0 Å². The molecule has 1 aromatic heterocycles. The molecule has 1 aliphatic rings. The van der Waals surface area contributed by atoms with Crippen molar-refractivity contribution in [3.63, 3.8) is 0 Å². The van der Waals surface area contributed by atoms with Crippen molar-refractivity contribution in [1.29, 1.82) is 0 Å². The Kier molecular flexibility index (Phi) is 6.28. The zero-order valence-electron chi connectivity index (χ0n) is 9.69. The van der Waals surface area contributed by atoms with E-state index in [1.54, 1.807) is 11.3 Å². The van der Waals surface area contributed by atoms with Gasteiger partial charge in [-0.25, -0.2) is 4.98 Å². The van der Waals surface area contributed by atoms with E-state index in [4.69, 9.17) is 0 Å². The molecule has 1 aromatic rings. The molecule has 0 aromatic carbocycles. The molecule has 3 nitrogen and oxygen atoms in total. The monoisotopic (exact) mass is 261 g/mol. The Morgan fingerprint density at radius 2 is 2.50 bits per heavy atom. The summed E-state index contributed by atoms with van der Waals surface area (Å²) in [7, 11) is 2.19. The van der Waals surface area contributed by atoms with E-state index in [0.29, 0.717) is 0 Å². The van der Waals surface area contributed by atoms with Gasteiger partial charge in [0.1, 0.15) is 0 Å². The Bertz CT molecular complexity index is 273. The van der Waals surface area contributed by atoms with Gasteiger partial charge >= 0.3 is 0 Å². The van der Waals surface area contributed by atoms with E-state index in [1.165, 1.54) is 38.2 Å². The largest absolute Gasteiger partial charge is 0.316 e. The smallest absolute Gasteiger partial charge is 0.0795 e. The van der Waals surface area contributed by atoms with Crippen molar-refractivity contribution in [2.75, 3.05) is 26.7 Å². The van der Waals surface area contributed by atoms with E-state index in [1.807, 2.05) is 5.51 Å². The van der Waals surface area contributed by atoms with Crippen molar-refractivity contribution in [3.05, 3.63) is 16.6 Å². The van der Waals surface area contributed by atoms with Crippen molar-refractivity contribution >= 4 is 23.7 Å². The van der Waals surface area contributed by atoms with Crippen LogP contribution in [0.3, 0.4) is 0 Å². The van der Waals surface area contributed by atoms with E-state index in [9.17, 15) is 0 Å². The van der Waals surface area contributed by atoms with Gasteiger partial charge in [-0.15, -0.1) is 23.7 Å². The molecular weight excluding hydrogens is 242 g/mol. The molecule has 0 amide bonds. The molecule has 92 valence electrons. The molecule has 1 N–H and O–H groups in total. The lowest BCUT2D eigenvalue weighted by molar-refractivity contribution is 0.236. The van der Waals surface area contributed by atoms with E-state index in [2.05, 4.69) is 27.6 Å². The molecule has 0 radical (unpaired) electrons. The molecule has 2 heterocycles. The summed E-state index contributed by atoms with van der Waals surface area (Å²) in [4.78, 5) is 6.69. The van der Waals surface area contributed by atoms with Gasteiger partial charge in [0.25, 0.3) is 0 Å². The fourth-order valence-electron chi connectivity index (χ4n) is 2.18. The summed E-state index contributed by atoms with van der Waals surface area (Å²) in [6, 6.07) is 0. The molecule has 1 fully saturated rings. The van der Waals surface area contributed by atoms with Crippen molar-refractivity contribution in [1.82, 2.24) is 15.2 Å². The van der Waals surface area contributed by atoms with Gasteiger partial charge in [-0.2, -0.15) is 0 Å². The Hall–Kier alpha value is -0.160. The van der Waals surface area contributed by atoms with Crippen LogP contribution < -0.4 is 5.32 Å². The highest BCUT2D eigenvalue weighted by Crippen LogP contribution is 2.12. The molecule has 0 aliphatic carbocycles. The fraction of sp³-hybridized carbons (Fsp3) is 0.727. The highest BCUT2D eigenvalue weighted by Gasteiger charge is 2.15. The number of halogens is 1. The van der Waals surface area contributed by atoms with Crippen LogP contribution in [0.25, 0.3) is 0 Å². The average molecular weight is 262 g/mol. The molecular formula is C11H20ClN3S. The van der Waals surface area contributed by atoms with Crippen LogP contribution in [0.2, 0.25) is 0 Å². The van der Waals surface area contributed by atoms with Crippen molar-refractivity contribution in [2.24, 2.45) is 5.92 Å². The van der Waals surface area contributed by atoms with Gasteiger partial charge in [-0.05, 0) is 38.9 Å². The molecule has 0 bridgehead atoms. The molecule has 5 heteroatoms. The first kappa shape index (κ1) is 13.9. The summed E-state index contributed by atoms with van der Waals surface area (Å²) in [5.41, 5.74) is 3.11. The van der Waals surface area contributed by atoms with Crippen LogP contribution in [0.5, 0.6) is 0 Å². The minimum absolute atomic E-state index is 0. The first-order chi connectivity index (χ1) is 7.34. The minimum atomic E-state index is 0. The molecule has 1 saturated heterocycles. The van der Waals surface area contributed by atoms with Crippen LogP contribution in [-0.2, 0) is 6.54 Å². The summed E-state index contributed by atoms with van der Waals surface area (Å²) in [6.07, 6.45) is 2.70. The van der Waals surface area contributed by atoms with Crippen LogP contribution >= 0.6 is 23.7 Å². The maximum Gasteiger partial charge on any atom is 0.0795 e. The number of aromatic nitrogens is 1. The number of piperidine rings is 1. The van der Waals surface area contributed by atoms with Crippen LogP contribution in [-0.4, -0.2) is 36.6 Å². The van der Waals surface area contributed by atoms with Crippen LogP contribution in [0.15, 0.2) is 10.9 Å². The Morgan fingerprint density at radius 3 is 3.12 bits per heavy atom. The maximum atomic E-state index is 4.31. The van der Waals surface area contributed by atoms with E-state index in [-0.39, 0.29) is 12.4 Å². The number of nitrogens with one attached hydrogen (secondary N) is 1. The van der Waals surface area contributed by atoms with Crippen LogP contribution in [0, 0.1) is 5.92 Å². The summed E-state index contributed by atoms with van der Waals surface area (Å²) < 4.78 is 0. The maximum absolute atomic E-state index is 4.31. The van der Waals surface area contributed by atoms with Crippen LogP contribution in [0.1, 0.15) is 18.5 Å². The van der Waals surface area contributed by atoms with Crippen molar-refractivity contribution in [3.8, 4) is 0 Å². The first-order valence-electron chi connectivity index (χ1n) is 5.61. The Morgan fingerprint density at radius 1 is 1.62 bits per heavy atom. The number of thiazole rings is 1. The van der Waals surface area contributed by atoms with Gasteiger partial charge in [0, 0.05) is 18.5 Å². The standard InChI is InChI=1S/C11H19N3S.ClH/c1-14(7-11-8-15-9-13-11)6-10-3-2-4-12-5-10;/h8-10,12H,2-7H2,1H3;1H. The summed E-state index contributed by atoms with van der Waals surface area (Å²) in [5.74, 6) is 0.822. The van der Waals surface area contributed by atoms with Gasteiger partial charge in [-0.3, -0.25) is 0 Å². The molecule has 0 spiro atoms. The predicted molar refractivity (Wildman–Crippen MR) is 71.3 cm³/mol. The van der Waals surface area contributed by atoms with Gasteiger partial charge in [0.15, 0.2) is 0 Å². The summed E-state index contributed by atoms with van der Waals surface area (Å²) >= 11 is 1.68. The second-order valence-corrected chi connectivity index (χ2v) is 5.11. The third kappa shape index (κ3) is 4.37. The number of rotatable bonds is 4. The lowest BCUT2D eigenvalue weighted by Crippen LogP contribution is -2.36. The van der Waals surface area contributed by atoms with Gasteiger partial charge < -0.3 is 10.2 Å². The van der Waals surface area contributed by atoms with Crippen molar-refractivity contribution < 1.29 is 0 Å². The van der Waals surface area contributed by atoms with Gasteiger partial charge in [0.05, 0.1) is 11.2 Å². The topological polar surface area (TPSA) is 28.2 Å². The lowest BCUT2D eigenvalue weighted by Gasteiger charge is -2.27. The minimum Gasteiger partial charge on any atom is -0.316 e. The van der Waals surface area contributed by atoms with E-state index in [0.717, 1.165) is 12.5 Å². The highest BCUT2D eigenvalue weighted by molar-refractivity contribution is 7.07. The van der Waals surface area contributed by atoms with Crippen LogP contribution in [0.4, 0.5) is 0 Å². The molecule has 16 heavy (non-hydrogen) atoms. The quantitative estimate of drug-likeness (QED) is 0.899. The van der Waals surface area contributed by atoms with Crippen molar-refractivity contribution in [2.45, 2.75) is 19.4 Å². The first-order valence-corrected chi connectivity index (χ1v) is 6.55. The van der Waals surface area contributed by atoms with Gasteiger partial charge in [0.2, 0.25) is 0 Å². The Labute approximate surface area is 108 Å². The summed E-state index contributed by atoms with van der Waals surface area (Å²) in [6.45, 7) is 4.55. The molecule has 1 aliphatic heterocycles. The zero-order chi connectivity index (χ0) is 10.5. The third-order valence-electron chi connectivity index (χ3n) is 2.88. The number of hydrogen-bond acceptors (Lipinski definition) is 4. The highest BCUT2D eigenvalue weighted by atomic mass is 35.5. The average Bonchev–Trinajstić information content (AvgIpc) is 2.71. The molecule has 2 rings (SSSR count). The predicted octanol–water partition coefficient (Wildman–Crippen LogP) is 2.00. The van der Waals surface area contributed by atoms with E-state index < -0.39 is 0 Å². The molecule has 1 unspecified atom stereocenters. The Balaban J connectivity index is 0.00000128. The molecule has 0 saturated carbocycles. The normalized spacial score (nSPS) is 20.8. The summed E-state index contributed by atoms with van der Waals surface area (Å²) in [5, 5.41) is 5.59. The second-order valence-electron chi connectivity index (χ2n) is 4.39. The van der Waals surface area contributed by atoms with E-state index >= 15 is 0 Å². The lowest BCUT2D eigenvalue weighted by atomic mass is 9.99. The number of hydrogen-bond donors (Lipinski definition) is 1. The molecule has 1 atom stereocenters. The number of nitrogens with zero attached hydrogens (tertiary/aromatic N) is 2. The second kappa shape index (κ2) is 7.22.